The normalized spacial score (nSPS) is 19.0. The molecule has 3 heteroatoms. The fourth-order valence-corrected chi connectivity index (χ4v) is 3.27. The summed E-state index contributed by atoms with van der Waals surface area (Å²) < 4.78 is 0. The van der Waals surface area contributed by atoms with Crippen LogP contribution >= 0.6 is 0 Å². The molecule has 0 saturated carbocycles. The van der Waals surface area contributed by atoms with Crippen molar-refractivity contribution in [3.05, 3.63) is 42.0 Å². The van der Waals surface area contributed by atoms with Crippen LogP contribution in [0.1, 0.15) is 25.5 Å². The fourth-order valence-electron chi connectivity index (χ4n) is 3.27. The van der Waals surface area contributed by atoms with Crippen molar-refractivity contribution in [2.75, 3.05) is 32.7 Å². The minimum absolute atomic E-state index is 0.258. The van der Waals surface area contributed by atoms with Gasteiger partial charge in [0, 0.05) is 43.2 Å². The van der Waals surface area contributed by atoms with E-state index in [1.807, 2.05) is 24.3 Å². The van der Waals surface area contributed by atoms with E-state index in [0.717, 1.165) is 49.1 Å². The number of phenolic OH excluding ortho intramolecular Hbond substituents is 1. The van der Waals surface area contributed by atoms with Crippen LogP contribution in [0.15, 0.2) is 36.4 Å². The molecule has 3 rings (SSSR count). The van der Waals surface area contributed by atoms with Gasteiger partial charge in [0.05, 0.1) is 0 Å². The average Bonchev–Trinajstić information content (AvgIpc) is 2.55. The van der Waals surface area contributed by atoms with E-state index in [2.05, 4.69) is 35.8 Å². The molecular weight excluding hydrogens is 260 g/mol. The molecule has 0 amide bonds. The number of hydrogen-bond acceptors (Lipinski definition) is 3. The van der Waals surface area contributed by atoms with Gasteiger partial charge in [0.15, 0.2) is 0 Å². The maximum Gasteiger partial charge on any atom is 0.128 e. The zero-order chi connectivity index (χ0) is 14.8. The van der Waals surface area contributed by atoms with E-state index in [1.165, 1.54) is 0 Å². The predicted molar refractivity (Wildman–Crippen MR) is 87.7 cm³/mol. The molecule has 1 atom stereocenters. The third-order valence-corrected chi connectivity index (χ3v) is 4.78. The Morgan fingerprint density at radius 1 is 1.05 bits per heavy atom. The van der Waals surface area contributed by atoms with Gasteiger partial charge in [0.1, 0.15) is 5.75 Å². The maximum absolute atomic E-state index is 10.6. The third-order valence-electron chi connectivity index (χ3n) is 4.78. The van der Waals surface area contributed by atoms with Crippen LogP contribution in [0.3, 0.4) is 0 Å². The highest BCUT2D eigenvalue weighted by molar-refractivity contribution is 5.89. The Balaban J connectivity index is 1.85. The largest absolute Gasteiger partial charge is 0.507 e. The minimum atomic E-state index is 0.258. The van der Waals surface area contributed by atoms with Crippen LogP contribution in [0, 0.1) is 0 Å². The van der Waals surface area contributed by atoms with Gasteiger partial charge in [0.25, 0.3) is 0 Å². The molecule has 1 heterocycles. The molecule has 3 nitrogen and oxygen atoms in total. The molecule has 112 valence electrons. The Labute approximate surface area is 126 Å². The summed E-state index contributed by atoms with van der Waals surface area (Å²) in [5.41, 5.74) is 1.04. The van der Waals surface area contributed by atoms with Gasteiger partial charge in [-0.1, -0.05) is 43.3 Å². The number of fused-ring (bicyclic) bond motifs is 1. The average molecular weight is 284 g/mol. The Morgan fingerprint density at radius 2 is 1.76 bits per heavy atom. The van der Waals surface area contributed by atoms with Crippen molar-refractivity contribution in [2.24, 2.45) is 0 Å². The molecule has 0 aliphatic carbocycles. The first-order chi connectivity index (χ1) is 10.2. The first-order valence-corrected chi connectivity index (χ1v) is 7.87. The lowest BCUT2D eigenvalue weighted by molar-refractivity contribution is 0.105. The topological polar surface area (TPSA) is 26.7 Å². The molecule has 0 aromatic heterocycles. The van der Waals surface area contributed by atoms with Crippen LogP contribution in [-0.2, 0) is 0 Å². The van der Waals surface area contributed by atoms with Crippen LogP contribution in [0.25, 0.3) is 10.8 Å². The molecule has 0 radical (unpaired) electrons. The number of phenols is 1. The SMILES string of the molecule is CCN1CCN(C(C)c2ccc3ccccc3c2O)CC1. The van der Waals surface area contributed by atoms with Gasteiger partial charge in [-0.05, 0) is 18.9 Å². The standard InChI is InChI=1S/C18H24N2O/c1-3-19-10-12-20(13-11-19)14(2)16-9-8-15-6-4-5-7-17(15)18(16)21/h4-9,14,21H,3,10-13H2,1-2H3. The molecule has 1 fully saturated rings. The van der Waals surface area contributed by atoms with Gasteiger partial charge in [-0.2, -0.15) is 0 Å². The fraction of sp³-hybridized carbons (Fsp3) is 0.444. The number of benzene rings is 2. The van der Waals surface area contributed by atoms with E-state index in [1.54, 1.807) is 0 Å². The summed E-state index contributed by atoms with van der Waals surface area (Å²) in [5, 5.41) is 12.7. The van der Waals surface area contributed by atoms with E-state index in [9.17, 15) is 5.11 Å². The minimum Gasteiger partial charge on any atom is -0.507 e. The summed E-state index contributed by atoms with van der Waals surface area (Å²) in [4.78, 5) is 4.94. The summed E-state index contributed by atoms with van der Waals surface area (Å²) in [5.74, 6) is 0.443. The van der Waals surface area contributed by atoms with Crippen LogP contribution < -0.4 is 0 Å². The summed E-state index contributed by atoms with van der Waals surface area (Å²) in [6.07, 6.45) is 0. The Morgan fingerprint density at radius 3 is 2.48 bits per heavy atom. The van der Waals surface area contributed by atoms with Crippen molar-refractivity contribution in [1.29, 1.82) is 0 Å². The van der Waals surface area contributed by atoms with Crippen molar-refractivity contribution in [3.63, 3.8) is 0 Å². The number of rotatable bonds is 3. The highest BCUT2D eigenvalue weighted by Crippen LogP contribution is 2.35. The molecule has 2 aromatic carbocycles. The Bertz CT molecular complexity index is 618. The molecule has 1 saturated heterocycles. The van der Waals surface area contributed by atoms with Gasteiger partial charge < -0.3 is 10.0 Å². The Kier molecular flexibility index (Phi) is 4.13. The quantitative estimate of drug-likeness (QED) is 0.937. The number of likely N-dealkylation sites (N-methyl/N-ethyl adjacent to an activating group) is 1. The van der Waals surface area contributed by atoms with Crippen molar-refractivity contribution in [1.82, 2.24) is 9.80 Å². The molecule has 0 spiro atoms. The number of nitrogens with zero attached hydrogens (tertiary/aromatic N) is 2. The monoisotopic (exact) mass is 284 g/mol. The molecule has 21 heavy (non-hydrogen) atoms. The van der Waals surface area contributed by atoms with E-state index >= 15 is 0 Å². The molecule has 1 aliphatic rings. The van der Waals surface area contributed by atoms with Gasteiger partial charge >= 0.3 is 0 Å². The second-order valence-corrected chi connectivity index (χ2v) is 5.87. The van der Waals surface area contributed by atoms with E-state index in [0.29, 0.717) is 5.75 Å². The van der Waals surface area contributed by atoms with Crippen LogP contribution in [0.4, 0.5) is 0 Å². The van der Waals surface area contributed by atoms with Gasteiger partial charge in [-0.15, -0.1) is 0 Å². The second kappa shape index (κ2) is 6.04. The first-order valence-electron chi connectivity index (χ1n) is 7.87. The predicted octanol–water partition coefficient (Wildman–Crippen LogP) is 3.24. The summed E-state index contributed by atoms with van der Waals surface area (Å²) in [6.45, 7) is 9.93. The zero-order valence-electron chi connectivity index (χ0n) is 12.9. The number of piperazine rings is 1. The molecule has 2 aromatic rings. The Hall–Kier alpha value is -1.58. The van der Waals surface area contributed by atoms with Crippen LogP contribution in [-0.4, -0.2) is 47.6 Å². The molecule has 1 unspecified atom stereocenters. The van der Waals surface area contributed by atoms with E-state index in [4.69, 9.17) is 0 Å². The lowest BCUT2D eigenvalue weighted by atomic mass is 9.99. The lowest BCUT2D eigenvalue weighted by Gasteiger charge is -2.38. The maximum atomic E-state index is 10.6. The molecule has 1 aliphatic heterocycles. The van der Waals surface area contributed by atoms with Crippen LogP contribution in [0.2, 0.25) is 0 Å². The van der Waals surface area contributed by atoms with Gasteiger partial charge in [-0.3, -0.25) is 4.90 Å². The first kappa shape index (κ1) is 14.4. The second-order valence-electron chi connectivity index (χ2n) is 5.87. The van der Waals surface area contributed by atoms with Gasteiger partial charge in [-0.25, -0.2) is 0 Å². The van der Waals surface area contributed by atoms with Gasteiger partial charge in [0.2, 0.25) is 0 Å². The summed E-state index contributed by atoms with van der Waals surface area (Å²) in [6, 6.07) is 12.5. The summed E-state index contributed by atoms with van der Waals surface area (Å²) in [7, 11) is 0. The van der Waals surface area contributed by atoms with Crippen molar-refractivity contribution in [3.8, 4) is 5.75 Å². The molecule has 1 N–H and O–H groups in total. The smallest absolute Gasteiger partial charge is 0.128 e. The highest BCUT2D eigenvalue weighted by Gasteiger charge is 2.23. The van der Waals surface area contributed by atoms with Crippen molar-refractivity contribution < 1.29 is 5.11 Å². The molecular formula is C18H24N2O. The third kappa shape index (κ3) is 2.76. The highest BCUT2D eigenvalue weighted by atomic mass is 16.3. The zero-order valence-corrected chi connectivity index (χ0v) is 12.9. The van der Waals surface area contributed by atoms with E-state index in [-0.39, 0.29) is 6.04 Å². The van der Waals surface area contributed by atoms with Crippen molar-refractivity contribution >= 4 is 10.8 Å². The number of aromatic hydroxyl groups is 1. The van der Waals surface area contributed by atoms with Crippen molar-refractivity contribution in [2.45, 2.75) is 19.9 Å². The molecule has 0 bridgehead atoms. The van der Waals surface area contributed by atoms with E-state index < -0.39 is 0 Å². The number of hydrogen-bond donors (Lipinski definition) is 1. The summed E-state index contributed by atoms with van der Waals surface area (Å²) >= 11 is 0. The lowest BCUT2D eigenvalue weighted by Crippen LogP contribution is -2.46. The van der Waals surface area contributed by atoms with Crippen LogP contribution in [0.5, 0.6) is 5.75 Å².